The number of aromatic carboxylic acids is 1. The van der Waals surface area contributed by atoms with Crippen LogP contribution in [0.4, 0.5) is 0 Å². The van der Waals surface area contributed by atoms with Crippen LogP contribution < -0.4 is 4.74 Å². The Morgan fingerprint density at radius 3 is 2.32 bits per heavy atom. The molecule has 0 amide bonds. The molecule has 2 aromatic carbocycles. The van der Waals surface area contributed by atoms with Crippen LogP contribution in [0.15, 0.2) is 42.5 Å². The molecule has 0 fully saturated rings. The smallest absolute Gasteiger partial charge is 0.339 e. The van der Waals surface area contributed by atoms with Crippen molar-refractivity contribution in [2.75, 3.05) is 0 Å². The predicted molar refractivity (Wildman–Crippen MR) is 83.6 cm³/mol. The van der Waals surface area contributed by atoms with Gasteiger partial charge in [0.1, 0.15) is 17.9 Å². The third-order valence-corrected chi connectivity index (χ3v) is 3.46. The Hall–Kier alpha value is -2.62. The Bertz CT molecular complexity index is 690. The highest BCUT2D eigenvalue weighted by Crippen LogP contribution is 2.27. The zero-order valence-corrected chi connectivity index (χ0v) is 12.6. The first-order valence-corrected chi connectivity index (χ1v) is 7.11. The van der Waals surface area contributed by atoms with E-state index in [1.54, 1.807) is 12.1 Å². The molecule has 0 bridgehead atoms. The van der Waals surface area contributed by atoms with Crippen LogP contribution in [-0.4, -0.2) is 16.9 Å². The number of ketones is 1. The summed E-state index contributed by atoms with van der Waals surface area (Å²) in [4.78, 5) is 23.3. The van der Waals surface area contributed by atoms with Crippen molar-refractivity contribution >= 4 is 11.8 Å². The molecular weight excluding hydrogens is 280 g/mol. The molecule has 0 aliphatic heterocycles. The monoisotopic (exact) mass is 298 g/mol. The van der Waals surface area contributed by atoms with Gasteiger partial charge in [-0.05, 0) is 36.6 Å². The van der Waals surface area contributed by atoms with E-state index in [2.05, 4.69) is 0 Å². The summed E-state index contributed by atoms with van der Waals surface area (Å²) in [6, 6.07) is 12.7. The fourth-order valence-electron chi connectivity index (χ4n) is 2.41. The van der Waals surface area contributed by atoms with Gasteiger partial charge >= 0.3 is 5.97 Å². The van der Waals surface area contributed by atoms with Gasteiger partial charge in [-0.15, -0.1) is 0 Å². The lowest BCUT2D eigenvalue weighted by Crippen LogP contribution is -2.11. The van der Waals surface area contributed by atoms with E-state index in [9.17, 15) is 14.7 Å². The second-order valence-electron chi connectivity index (χ2n) is 4.95. The first kappa shape index (κ1) is 15.8. The molecule has 114 valence electrons. The van der Waals surface area contributed by atoms with Crippen molar-refractivity contribution < 1.29 is 19.4 Å². The van der Waals surface area contributed by atoms with Gasteiger partial charge in [-0.25, -0.2) is 4.79 Å². The van der Waals surface area contributed by atoms with E-state index in [1.807, 2.05) is 37.3 Å². The summed E-state index contributed by atoms with van der Waals surface area (Å²) >= 11 is 0. The van der Waals surface area contributed by atoms with Crippen LogP contribution in [0.1, 0.15) is 45.7 Å². The molecule has 4 heteroatoms. The lowest BCUT2D eigenvalue weighted by molar-refractivity contribution is 0.0690. The van der Waals surface area contributed by atoms with Crippen LogP contribution in [0.5, 0.6) is 5.75 Å². The third kappa shape index (κ3) is 3.34. The number of Topliss-reactive ketones (excluding diaryl/α,β-unsaturated/α-hetero) is 1. The average molecular weight is 298 g/mol. The van der Waals surface area contributed by atoms with Gasteiger partial charge in [-0.1, -0.05) is 37.3 Å². The lowest BCUT2D eigenvalue weighted by atomic mass is 9.95. The maximum Gasteiger partial charge on any atom is 0.339 e. The van der Waals surface area contributed by atoms with Gasteiger partial charge in [0, 0.05) is 5.56 Å². The quantitative estimate of drug-likeness (QED) is 0.825. The van der Waals surface area contributed by atoms with Crippen molar-refractivity contribution in [2.24, 2.45) is 0 Å². The summed E-state index contributed by atoms with van der Waals surface area (Å²) in [7, 11) is 0. The average Bonchev–Trinajstić information content (AvgIpc) is 2.52. The Labute approximate surface area is 129 Å². The molecule has 22 heavy (non-hydrogen) atoms. The van der Waals surface area contributed by atoms with Crippen LogP contribution in [0, 0.1) is 0 Å². The van der Waals surface area contributed by atoms with E-state index < -0.39 is 5.97 Å². The van der Waals surface area contributed by atoms with E-state index in [1.165, 1.54) is 6.92 Å². The van der Waals surface area contributed by atoms with Crippen LogP contribution in [0.3, 0.4) is 0 Å². The largest absolute Gasteiger partial charge is 0.488 e. The Morgan fingerprint density at radius 2 is 1.77 bits per heavy atom. The predicted octanol–water partition coefficient (Wildman–Crippen LogP) is 3.73. The van der Waals surface area contributed by atoms with Crippen molar-refractivity contribution in [1.82, 2.24) is 0 Å². The molecule has 4 nitrogen and oxygen atoms in total. The number of carboxylic acid groups (broad SMARTS) is 1. The van der Waals surface area contributed by atoms with Crippen molar-refractivity contribution in [1.29, 1.82) is 0 Å². The van der Waals surface area contributed by atoms with Gasteiger partial charge in [0.25, 0.3) is 0 Å². The molecule has 0 saturated carbocycles. The normalized spacial score (nSPS) is 10.3. The molecular formula is C18H18O4. The summed E-state index contributed by atoms with van der Waals surface area (Å²) < 4.78 is 5.67. The summed E-state index contributed by atoms with van der Waals surface area (Å²) in [5.41, 5.74) is 1.98. The van der Waals surface area contributed by atoms with Crippen molar-refractivity contribution in [3.63, 3.8) is 0 Å². The Morgan fingerprint density at radius 1 is 1.09 bits per heavy atom. The van der Waals surface area contributed by atoms with E-state index >= 15 is 0 Å². The van der Waals surface area contributed by atoms with Crippen LogP contribution >= 0.6 is 0 Å². The van der Waals surface area contributed by atoms with Gasteiger partial charge in [-0.2, -0.15) is 0 Å². The lowest BCUT2D eigenvalue weighted by Gasteiger charge is -2.15. The van der Waals surface area contributed by atoms with E-state index in [0.717, 1.165) is 5.56 Å². The van der Waals surface area contributed by atoms with Crippen molar-refractivity contribution in [3.05, 3.63) is 64.7 Å². The summed E-state index contributed by atoms with van der Waals surface area (Å²) in [5, 5.41) is 9.49. The molecule has 0 heterocycles. The Balaban J connectivity index is 2.39. The summed E-state index contributed by atoms with van der Waals surface area (Å²) in [5.74, 6) is -0.935. The second-order valence-corrected chi connectivity index (χ2v) is 4.95. The molecule has 1 N–H and O–H groups in total. The van der Waals surface area contributed by atoms with Crippen molar-refractivity contribution in [2.45, 2.75) is 26.9 Å². The molecule has 0 saturated heterocycles. The maximum atomic E-state index is 11.7. The molecule has 2 aromatic rings. The second kappa shape index (κ2) is 6.89. The van der Waals surface area contributed by atoms with E-state index in [4.69, 9.17) is 4.74 Å². The van der Waals surface area contributed by atoms with Crippen LogP contribution in [0.25, 0.3) is 0 Å². The number of ether oxygens (including phenoxy) is 1. The molecule has 0 aliphatic rings. The number of carbonyl (C=O) groups excluding carboxylic acids is 1. The number of hydrogen-bond donors (Lipinski definition) is 1. The minimum absolute atomic E-state index is 0.0751. The maximum absolute atomic E-state index is 11.7. The molecule has 0 aliphatic carbocycles. The molecule has 2 rings (SSSR count). The van der Waals surface area contributed by atoms with Crippen molar-refractivity contribution in [3.8, 4) is 5.75 Å². The van der Waals surface area contributed by atoms with E-state index in [0.29, 0.717) is 23.3 Å². The third-order valence-electron chi connectivity index (χ3n) is 3.46. The van der Waals surface area contributed by atoms with Gasteiger partial charge in [0.15, 0.2) is 5.78 Å². The fraction of sp³-hybridized carbons (Fsp3) is 0.222. The van der Waals surface area contributed by atoms with Gasteiger partial charge < -0.3 is 9.84 Å². The minimum atomic E-state index is -1.08. The molecule has 0 spiro atoms. The highest BCUT2D eigenvalue weighted by Gasteiger charge is 2.21. The SMILES string of the molecule is CCc1c(C(C)=O)ccc(OCc2ccccc2)c1C(=O)O. The highest BCUT2D eigenvalue weighted by molar-refractivity contribution is 6.01. The fourth-order valence-corrected chi connectivity index (χ4v) is 2.41. The zero-order valence-electron chi connectivity index (χ0n) is 12.6. The minimum Gasteiger partial charge on any atom is -0.488 e. The number of benzene rings is 2. The standard InChI is InChI=1S/C18H18O4/c1-3-14-15(12(2)19)9-10-16(17(14)18(20)21)22-11-13-7-5-4-6-8-13/h4-10H,3,11H2,1-2H3,(H,20,21). The van der Waals surface area contributed by atoms with Gasteiger partial charge in [0.2, 0.25) is 0 Å². The zero-order chi connectivity index (χ0) is 16.1. The van der Waals surface area contributed by atoms with Crippen LogP contribution in [-0.2, 0) is 13.0 Å². The Kier molecular flexibility index (Phi) is 4.94. The van der Waals surface area contributed by atoms with Gasteiger partial charge in [-0.3, -0.25) is 4.79 Å². The van der Waals surface area contributed by atoms with Gasteiger partial charge in [0.05, 0.1) is 0 Å². The number of hydrogen-bond acceptors (Lipinski definition) is 3. The number of rotatable bonds is 6. The molecule has 0 radical (unpaired) electrons. The molecule has 0 aromatic heterocycles. The topological polar surface area (TPSA) is 63.6 Å². The first-order valence-electron chi connectivity index (χ1n) is 7.11. The van der Waals surface area contributed by atoms with Crippen LogP contribution in [0.2, 0.25) is 0 Å². The number of carbonyl (C=O) groups is 2. The first-order chi connectivity index (χ1) is 10.5. The number of carboxylic acids is 1. The molecule has 0 atom stereocenters. The summed E-state index contributed by atoms with van der Waals surface area (Å²) in [6.45, 7) is 3.55. The summed E-state index contributed by atoms with van der Waals surface area (Å²) in [6.07, 6.45) is 0.457. The highest BCUT2D eigenvalue weighted by atomic mass is 16.5. The van der Waals surface area contributed by atoms with E-state index in [-0.39, 0.29) is 18.0 Å². The molecule has 0 unspecified atom stereocenters.